The molecule has 0 aliphatic rings. The van der Waals surface area contributed by atoms with Gasteiger partial charge in [0.15, 0.2) is 5.65 Å². The highest BCUT2D eigenvalue weighted by atomic mass is 16.1. The van der Waals surface area contributed by atoms with Crippen LogP contribution in [0, 0.1) is 6.92 Å². The summed E-state index contributed by atoms with van der Waals surface area (Å²) in [6.45, 7) is 6.14. The van der Waals surface area contributed by atoms with Crippen molar-refractivity contribution < 1.29 is 4.79 Å². The maximum absolute atomic E-state index is 12.4. The number of aromatic nitrogens is 3. The summed E-state index contributed by atoms with van der Waals surface area (Å²) in [6, 6.07) is 11.3. The Hall–Kier alpha value is -2.69. The Balaban J connectivity index is 1.95. The number of anilines is 1. The summed E-state index contributed by atoms with van der Waals surface area (Å²) < 4.78 is 1.77. The van der Waals surface area contributed by atoms with Crippen LogP contribution in [0.5, 0.6) is 0 Å². The van der Waals surface area contributed by atoms with Crippen LogP contribution in [-0.4, -0.2) is 20.5 Å². The fourth-order valence-corrected chi connectivity index (χ4v) is 2.30. The van der Waals surface area contributed by atoms with E-state index in [2.05, 4.69) is 29.2 Å². The zero-order chi connectivity index (χ0) is 15.7. The molecule has 1 N–H and O–H groups in total. The smallest absolute Gasteiger partial charge is 0.274 e. The molecule has 0 radical (unpaired) electrons. The first-order valence-electron chi connectivity index (χ1n) is 7.27. The van der Waals surface area contributed by atoms with E-state index in [-0.39, 0.29) is 11.8 Å². The molecule has 0 spiro atoms. The molecule has 0 bridgehead atoms. The first-order chi connectivity index (χ1) is 10.5. The Kier molecular flexibility index (Phi) is 3.63. The largest absolute Gasteiger partial charge is 0.321 e. The van der Waals surface area contributed by atoms with Crippen LogP contribution in [0.2, 0.25) is 0 Å². The van der Waals surface area contributed by atoms with Crippen LogP contribution in [0.1, 0.15) is 41.5 Å². The topological polar surface area (TPSA) is 59.3 Å². The van der Waals surface area contributed by atoms with Gasteiger partial charge in [0.05, 0.1) is 6.20 Å². The van der Waals surface area contributed by atoms with Gasteiger partial charge in [-0.25, -0.2) is 9.50 Å². The highest BCUT2D eigenvalue weighted by Gasteiger charge is 2.14. The van der Waals surface area contributed by atoms with Gasteiger partial charge in [0.1, 0.15) is 5.69 Å². The summed E-state index contributed by atoms with van der Waals surface area (Å²) in [5, 5.41) is 7.13. The Bertz CT molecular complexity index is 818. The maximum Gasteiger partial charge on any atom is 0.274 e. The van der Waals surface area contributed by atoms with E-state index >= 15 is 0 Å². The molecule has 2 aromatic heterocycles. The molecule has 0 aliphatic carbocycles. The first kappa shape index (κ1) is 14.3. The molecule has 1 amide bonds. The first-order valence-corrected chi connectivity index (χ1v) is 7.27. The van der Waals surface area contributed by atoms with E-state index in [9.17, 15) is 4.79 Å². The van der Waals surface area contributed by atoms with E-state index in [1.165, 1.54) is 0 Å². The van der Waals surface area contributed by atoms with Crippen molar-refractivity contribution in [1.29, 1.82) is 0 Å². The molecule has 0 saturated heterocycles. The van der Waals surface area contributed by atoms with Gasteiger partial charge in [0.25, 0.3) is 5.91 Å². The van der Waals surface area contributed by atoms with Crippen molar-refractivity contribution in [3.8, 4) is 0 Å². The van der Waals surface area contributed by atoms with Gasteiger partial charge in [-0.2, -0.15) is 5.10 Å². The second-order valence-corrected chi connectivity index (χ2v) is 5.64. The van der Waals surface area contributed by atoms with Gasteiger partial charge in [-0.3, -0.25) is 4.79 Å². The molecule has 2 heterocycles. The minimum atomic E-state index is -0.213. The van der Waals surface area contributed by atoms with Gasteiger partial charge in [-0.05, 0) is 31.0 Å². The summed E-state index contributed by atoms with van der Waals surface area (Å²) in [5.41, 5.74) is 3.96. The number of hydrogen-bond donors (Lipinski definition) is 1. The molecule has 5 nitrogen and oxygen atoms in total. The number of carbonyl (C=O) groups excluding carboxylic acids is 1. The van der Waals surface area contributed by atoms with Crippen LogP contribution >= 0.6 is 0 Å². The van der Waals surface area contributed by atoms with Crippen molar-refractivity contribution in [2.45, 2.75) is 26.7 Å². The average molecular weight is 294 g/mol. The van der Waals surface area contributed by atoms with Crippen LogP contribution in [-0.2, 0) is 0 Å². The lowest BCUT2D eigenvalue weighted by atomic mass is 10.1. The number of aryl methyl sites for hydroxylation is 1. The fourth-order valence-electron chi connectivity index (χ4n) is 2.30. The molecule has 0 aliphatic heterocycles. The van der Waals surface area contributed by atoms with Gasteiger partial charge in [0.2, 0.25) is 0 Å². The quantitative estimate of drug-likeness (QED) is 0.805. The fraction of sp³-hybridized carbons (Fsp3) is 0.235. The zero-order valence-electron chi connectivity index (χ0n) is 12.9. The molecule has 3 rings (SSSR count). The molecular weight excluding hydrogens is 276 g/mol. The second kappa shape index (κ2) is 5.60. The number of benzene rings is 1. The minimum Gasteiger partial charge on any atom is -0.321 e. The lowest BCUT2D eigenvalue weighted by Gasteiger charge is -2.11. The Labute approximate surface area is 129 Å². The van der Waals surface area contributed by atoms with Crippen LogP contribution in [0.3, 0.4) is 0 Å². The third kappa shape index (κ3) is 2.70. The van der Waals surface area contributed by atoms with Crippen molar-refractivity contribution in [3.63, 3.8) is 0 Å². The molecule has 0 saturated carbocycles. The number of carbonyl (C=O) groups is 1. The van der Waals surface area contributed by atoms with E-state index in [4.69, 9.17) is 0 Å². The molecule has 112 valence electrons. The number of nitrogens with zero attached hydrogens (tertiary/aromatic N) is 3. The Morgan fingerprint density at radius 2 is 1.91 bits per heavy atom. The predicted octanol–water partition coefficient (Wildman–Crippen LogP) is 3.41. The van der Waals surface area contributed by atoms with Gasteiger partial charge < -0.3 is 5.32 Å². The highest BCUT2D eigenvalue weighted by molar-refractivity contribution is 6.03. The van der Waals surface area contributed by atoms with Gasteiger partial charge in [-0.15, -0.1) is 0 Å². The third-order valence-corrected chi connectivity index (χ3v) is 3.52. The Morgan fingerprint density at radius 1 is 1.18 bits per heavy atom. The number of rotatable bonds is 3. The van der Waals surface area contributed by atoms with E-state index in [1.807, 2.05) is 31.2 Å². The second-order valence-electron chi connectivity index (χ2n) is 5.64. The SMILES string of the molecule is Cc1ccc(NC(=O)c2cc(C(C)C)n3nccc3n2)cc1. The van der Waals surface area contributed by atoms with E-state index in [1.54, 1.807) is 22.8 Å². The predicted molar refractivity (Wildman–Crippen MR) is 86.2 cm³/mol. The molecule has 5 heteroatoms. The van der Waals surface area contributed by atoms with E-state index < -0.39 is 0 Å². The molecule has 0 fully saturated rings. The van der Waals surface area contributed by atoms with Crippen LogP contribution in [0.4, 0.5) is 5.69 Å². The normalized spacial score (nSPS) is 11.1. The van der Waals surface area contributed by atoms with Crippen LogP contribution in [0.15, 0.2) is 42.6 Å². The zero-order valence-corrected chi connectivity index (χ0v) is 12.9. The molecule has 0 unspecified atom stereocenters. The number of nitrogens with one attached hydrogen (secondary N) is 1. The van der Waals surface area contributed by atoms with Crippen molar-refractivity contribution in [3.05, 3.63) is 59.5 Å². The monoisotopic (exact) mass is 294 g/mol. The standard InChI is InChI=1S/C17H18N4O/c1-11(2)15-10-14(20-16-8-9-18-21(15)16)17(22)19-13-6-4-12(3)5-7-13/h4-11H,1-3H3,(H,19,22). The summed E-state index contributed by atoms with van der Waals surface area (Å²) in [4.78, 5) is 16.8. The maximum atomic E-state index is 12.4. The molecule has 3 aromatic rings. The van der Waals surface area contributed by atoms with Gasteiger partial charge in [-0.1, -0.05) is 31.5 Å². The van der Waals surface area contributed by atoms with Gasteiger partial charge in [0, 0.05) is 17.4 Å². The number of hydrogen-bond acceptors (Lipinski definition) is 3. The summed E-state index contributed by atoms with van der Waals surface area (Å²) in [6.07, 6.45) is 1.69. The minimum absolute atomic E-state index is 0.213. The van der Waals surface area contributed by atoms with Gasteiger partial charge >= 0.3 is 0 Å². The van der Waals surface area contributed by atoms with Crippen molar-refractivity contribution >= 4 is 17.2 Å². The highest BCUT2D eigenvalue weighted by Crippen LogP contribution is 2.17. The molecular formula is C17H18N4O. The lowest BCUT2D eigenvalue weighted by molar-refractivity contribution is 0.102. The number of fused-ring (bicyclic) bond motifs is 1. The summed E-state index contributed by atoms with van der Waals surface area (Å²) >= 11 is 0. The molecule has 0 atom stereocenters. The molecule has 22 heavy (non-hydrogen) atoms. The van der Waals surface area contributed by atoms with Crippen LogP contribution < -0.4 is 5.32 Å². The average Bonchev–Trinajstić information content (AvgIpc) is 2.96. The van der Waals surface area contributed by atoms with Crippen molar-refractivity contribution in [1.82, 2.24) is 14.6 Å². The van der Waals surface area contributed by atoms with Crippen molar-refractivity contribution in [2.75, 3.05) is 5.32 Å². The lowest BCUT2D eigenvalue weighted by Crippen LogP contribution is -2.16. The van der Waals surface area contributed by atoms with Crippen LogP contribution in [0.25, 0.3) is 5.65 Å². The molecule has 1 aromatic carbocycles. The van der Waals surface area contributed by atoms with E-state index in [0.29, 0.717) is 11.3 Å². The summed E-state index contributed by atoms with van der Waals surface area (Å²) in [5.74, 6) is 0.0331. The van der Waals surface area contributed by atoms with E-state index in [0.717, 1.165) is 16.9 Å². The third-order valence-electron chi connectivity index (χ3n) is 3.52. The van der Waals surface area contributed by atoms with Crippen molar-refractivity contribution in [2.24, 2.45) is 0 Å². The number of amides is 1. The Morgan fingerprint density at radius 3 is 2.59 bits per heavy atom. The summed E-state index contributed by atoms with van der Waals surface area (Å²) in [7, 11) is 0.